The Bertz CT molecular complexity index is 683. The lowest BCUT2D eigenvalue weighted by molar-refractivity contribution is 1.14. The first kappa shape index (κ1) is 10.2. The molecule has 0 unspecified atom stereocenters. The van der Waals surface area contributed by atoms with E-state index in [0.717, 1.165) is 0 Å². The average molecular weight is 220 g/mol. The van der Waals surface area contributed by atoms with Gasteiger partial charge in [0.1, 0.15) is 0 Å². The number of fused-ring (bicyclic) bond motifs is 2. The van der Waals surface area contributed by atoms with Gasteiger partial charge >= 0.3 is 0 Å². The summed E-state index contributed by atoms with van der Waals surface area (Å²) in [6.07, 6.45) is 0. The molecule has 0 heterocycles. The van der Waals surface area contributed by atoms with Crippen molar-refractivity contribution in [1.82, 2.24) is 0 Å². The first-order valence-electron chi connectivity index (χ1n) is 5.75. The SMILES string of the molecule is CN(C)c1ccc2cc3cc[c]cc3cc2c1. The topological polar surface area (TPSA) is 3.24 Å². The van der Waals surface area contributed by atoms with Gasteiger partial charge < -0.3 is 4.90 Å². The molecule has 0 spiro atoms. The molecule has 0 aliphatic rings. The predicted octanol–water partition coefficient (Wildman–Crippen LogP) is 3.86. The zero-order valence-corrected chi connectivity index (χ0v) is 10.1. The van der Waals surface area contributed by atoms with Gasteiger partial charge in [-0.15, -0.1) is 0 Å². The highest BCUT2D eigenvalue weighted by Gasteiger charge is 2.00. The molecule has 0 fully saturated rings. The first-order valence-corrected chi connectivity index (χ1v) is 5.75. The fourth-order valence-corrected chi connectivity index (χ4v) is 2.14. The van der Waals surface area contributed by atoms with Crippen LogP contribution in [0.15, 0.2) is 48.5 Å². The third-order valence-electron chi connectivity index (χ3n) is 3.14. The number of anilines is 1. The van der Waals surface area contributed by atoms with Crippen LogP contribution >= 0.6 is 0 Å². The van der Waals surface area contributed by atoms with E-state index in [0.29, 0.717) is 0 Å². The van der Waals surface area contributed by atoms with Gasteiger partial charge in [0.25, 0.3) is 0 Å². The molecule has 0 atom stereocenters. The van der Waals surface area contributed by atoms with Crippen molar-refractivity contribution in [2.24, 2.45) is 0 Å². The van der Waals surface area contributed by atoms with Crippen LogP contribution < -0.4 is 4.90 Å². The number of rotatable bonds is 1. The largest absolute Gasteiger partial charge is 0.378 e. The summed E-state index contributed by atoms with van der Waals surface area (Å²) in [5.41, 5.74) is 1.23. The van der Waals surface area contributed by atoms with E-state index in [9.17, 15) is 0 Å². The lowest BCUT2D eigenvalue weighted by Gasteiger charge is -2.13. The van der Waals surface area contributed by atoms with Gasteiger partial charge in [-0.1, -0.05) is 18.2 Å². The third kappa shape index (κ3) is 1.74. The number of benzene rings is 3. The molecule has 0 bridgehead atoms. The smallest absolute Gasteiger partial charge is 0.0367 e. The molecule has 1 heteroatoms. The maximum Gasteiger partial charge on any atom is 0.0367 e. The molecule has 0 amide bonds. The molecule has 3 aromatic carbocycles. The second kappa shape index (κ2) is 3.77. The van der Waals surface area contributed by atoms with Crippen LogP contribution in [0.25, 0.3) is 21.5 Å². The van der Waals surface area contributed by atoms with Crippen LogP contribution in [0.3, 0.4) is 0 Å². The Hall–Kier alpha value is -2.02. The van der Waals surface area contributed by atoms with Gasteiger partial charge in [-0.05, 0) is 57.9 Å². The van der Waals surface area contributed by atoms with Crippen molar-refractivity contribution in [1.29, 1.82) is 0 Å². The highest BCUT2D eigenvalue weighted by Crippen LogP contribution is 2.25. The van der Waals surface area contributed by atoms with Crippen LogP contribution in [0.1, 0.15) is 0 Å². The van der Waals surface area contributed by atoms with Crippen LogP contribution in [-0.4, -0.2) is 14.1 Å². The van der Waals surface area contributed by atoms with E-state index >= 15 is 0 Å². The maximum atomic E-state index is 3.13. The number of hydrogen-bond acceptors (Lipinski definition) is 1. The lowest BCUT2D eigenvalue weighted by atomic mass is 10.0. The molecule has 0 N–H and O–H groups in total. The average Bonchev–Trinajstić information content (AvgIpc) is 2.35. The molecule has 0 aliphatic carbocycles. The molecule has 0 saturated carbocycles. The summed E-state index contributed by atoms with van der Waals surface area (Å²) in [5, 5.41) is 5.09. The standard InChI is InChI=1S/C16H14N/c1-17(2)16-8-7-14-9-12-5-3-4-6-13(12)10-15(14)11-16/h3,5-11H,1-2H3. The molecule has 3 rings (SSSR count). The molecule has 0 aliphatic heterocycles. The Morgan fingerprint density at radius 1 is 0.824 bits per heavy atom. The highest BCUT2D eigenvalue weighted by molar-refractivity contribution is 5.99. The van der Waals surface area contributed by atoms with E-state index in [1.165, 1.54) is 27.2 Å². The van der Waals surface area contributed by atoms with E-state index in [2.05, 4.69) is 61.5 Å². The van der Waals surface area contributed by atoms with Gasteiger partial charge in [0.05, 0.1) is 0 Å². The summed E-state index contributed by atoms with van der Waals surface area (Å²) in [6.45, 7) is 0. The van der Waals surface area contributed by atoms with Crippen molar-refractivity contribution in [3.8, 4) is 0 Å². The fraction of sp³-hybridized carbons (Fsp3) is 0.125. The minimum Gasteiger partial charge on any atom is -0.378 e. The van der Waals surface area contributed by atoms with Gasteiger partial charge in [0.2, 0.25) is 0 Å². The molecule has 1 nitrogen and oxygen atoms in total. The van der Waals surface area contributed by atoms with Gasteiger partial charge in [-0.25, -0.2) is 0 Å². The van der Waals surface area contributed by atoms with Crippen molar-refractivity contribution in [2.75, 3.05) is 19.0 Å². The molecule has 3 aromatic rings. The molecule has 0 saturated heterocycles. The van der Waals surface area contributed by atoms with Gasteiger partial charge in [-0.2, -0.15) is 0 Å². The second-order valence-corrected chi connectivity index (χ2v) is 4.55. The summed E-state index contributed by atoms with van der Waals surface area (Å²) in [5.74, 6) is 0. The molecule has 1 radical (unpaired) electrons. The van der Waals surface area contributed by atoms with Gasteiger partial charge in [0.15, 0.2) is 0 Å². The van der Waals surface area contributed by atoms with E-state index in [1.54, 1.807) is 0 Å². The van der Waals surface area contributed by atoms with Crippen molar-refractivity contribution in [3.63, 3.8) is 0 Å². The second-order valence-electron chi connectivity index (χ2n) is 4.55. The number of hydrogen-bond donors (Lipinski definition) is 0. The molecular weight excluding hydrogens is 206 g/mol. The highest BCUT2D eigenvalue weighted by atomic mass is 15.1. The van der Waals surface area contributed by atoms with Crippen LogP contribution in [0.2, 0.25) is 0 Å². The zero-order chi connectivity index (χ0) is 11.8. The molecule has 0 aromatic heterocycles. The molecule has 17 heavy (non-hydrogen) atoms. The lowest BCUT2D eigenvalue weighted by Crippen LogP contribution is -2.07. The first-order chi connectivity index (χ1) is 8.24. The van der Waals surface area contributed by atoms with Crippen molar-refractivity contribution in [2.45, 2.75) is 0 Å². The summed E-state index contributed by atoms with van der Waals surface area (Å²) in [6, 6.07) is 20.3. The maximum absolute atomic E-state index is 3.13. The van der Waals surface area contributed by atoms with Crippen LogP contribution in [-0.2, 0) is 0 Å². The van der Waals surface area contributed by atoms with E-state index < -0.39 is 0 Å². The van der Waals surface area contributed by atoms with Gasteiger partial charge in [0, 0.05) is 19.8 Å². The Kier molecular flexibility index (Phi) is 2.25. The van der Waals surface area contributed by atoms with E-state index in [-0.39, 0.29) is 0 Å². The third-order valence-corrected chi connectivity index (χ3v) is 3.14. The van der Waals surface area contributed by atoms with Gasteiger partial charge in [-0.3, -0.25) is 0 Å². The Morgan fingerprint density at radius 3 is 2.41 bits per heavy atom. The Balaban J connectivity index is 2.32. The minimum atomic E-state index is 1.23. The fourth-order valence-electron chi connectivity index (χ4n) is 2.14. The van der Waals surface area contributed by atoms with Crippen LogP contribution in [0.5, 0.6) is 0 Å². The molecule has 83 valence electrons. The Morgan fingerprint density at radius 2 is 1.59 bits per heavy atom. The summed E-state index contributed by atoms with van der Waals surface area (Å²) in [7, 11) is 4.13. The number of nitrogens with zero attached hydrogens (tertiary/aromatic N) is 1. The summed E-state index contributed by atoms with van der Waals surface area (Å²) in [4.78, 5) is 2.13. The zero-order valence-electron chi connectivity index (χ0n) is 10.1. The van der Waals surface area contributed by atoms with Crippen LogP contribution in [0.4, 0.5) is 5.69 Å². The normalized spacial score (nSPS) is 10.9. The predicted molar refractivity (Wildman–Crippen MR) is 74.6 cm³/mol. The van der Waals surface area contributed by atoms with Crippen molar-refractivity contribution < 1.29 is 0 Å². The van der Waals surface area contributed by atoms with Crippen molar-refractivity contribution >= 4 is 27.2 Å². The van der Waals surface area contributed by atoms with Crippen molar-refractivity contribution in [3.05, 3.63) is 54.6 Å². The quantitative estimate of drug-likeness (QED) is 0.563. The van der Waals surface area contributed by atoms with E-state index in [4.69, 9.17) is 0 Å². The van der Waals surface area contributed by atoms with Crippen LogP contribution in [0, 0.1) is 6.07 Å². The minimum absolute atomic E-state index is 1.23. The van der Waals surface area contributed by atoms with E-state index in [1.807, 2.05) is 12.1 Å². The Labute approximate surface area is 101 Å². The summed E-state index contributed by atoms with van der Waals surface area (Å²) >= 11 is 0. The molecular formula is C16H14N. The monoisotopic (exact) mass is 220 g/mol. The summed E-state index contributed by atoms with van der Waals surface area (Å²) < 4.78 is 0.